The Morgan fingerprint density at radius 2 is 2.04 bits per heavy atom. The van der Waals surface area contributed by atoms with E-state index in [-0.39, 0.29) is 23.7 Å². The monoisotopic (exact) mass is 325 g/mol. The summed E-state index contributed by atoms with van der Waals surface area (Å²) < 4.78 is 0. The number of rotatable bonds is 6. The van der Waals surface area contributed by atoms with Crippen molar-refractivity contribution in [3.63, 3.8) is 0 Å². The molecule has 0 saturated heterocycles. The summed E-state index contributed by atoms with van der Waals surface area (Å²) in [5, 5.41) is 3.93. The van der Waals surface area contributed by atoms with Crippen LogP contribution in [0.1, 0.15) is 26.2 Å². The van der Waals surface area contributed by atoms with Gasteiger partial charge >= 0.3 is 0 Å². The van der Waals surface area contributed by atoms with Gasteiger partial charge < -0.3 is 10.2 Å². The molecule has 0 aliphatic heterocycles. The van der Waals surface area contributed by atoms with E-state index in [0.717, 1.165) is 30.3 Å². The Bertz CT molecular complexity index is 754. The van der Waals surface area contributed by atoms with Crippen LogP contribution in [-0.2, 0) is 9.59 Å². The van der Waals surface area contributed by atoms with E-state index in [4.69, 9.17) is 0 Å². The number of anilines is 1. The van der Waals surface area contributed by atoms with E-state index >= 15 is 0 Å². The molecule has 5 nitrogen and oxygen atoms in total. The predicted octanol–water partition coefficient (Wildman–Crippen LogP) is 3.07. The van der Waals surface area contributed by atoms with Gasteiger partial charge in [0.1, 0.15) is 0 Å². The lowest BCUT2D eigenvalue weighted by Gasteiger charge is -2.16. The first-order valence-electron chi connectivity index (χ1n) is 8.51. The first kappa shape index (κ1) is 16.4. The van der Waals surface area contributed by atoms with Crippen molar-refractivity contribution in [1.29, 1.82) is 0 Å². The van der Waals surface area contributed by atoms with Gasteiger partial charge in [0.15, 0.2) is 0 Å². The zero-order valence-corrected chi connectivity index (χ0v) is 14.2. The van der Waals surface area contributed by atoms with Crippen LogP contribution in [0.2, 0.25) is 0 Å². The van der Waals surface area contributed by atoms with Gasteiger partial charge in [-0.3, -0.25) is 14.6 Å². The molecule has 0 bridgehead atoms. The molecule has 3 rings (SSSR count). The van der Waals surface area contributed by atoms with Crippen LogP contribution < -0.4 is 5.32 Å². The zero-order valence-electron chi connectivity index (χ0n) is 14.2. The number of para-hydroxylation sites is 1. The van der Waals surface area contributed by atoms with E-state index in [9.17, 15) is 9.59 Å². The number of fused-ring (bicyclic) bond motifs is 1. The van der Waals surface area contributed by atoms with E-state index in [1.165, 1.54) is 0 Å². The van der Waals surface area contributed by atoms with Crippen LogP contribution >= 0.6 is 0 Å². The lowest BCUT2D eigenvalue weighted by Crippen LogP contribution is -2.30. The average molecular weight is 325 g/mol. The second-order valence-electron chi connectivity index (χ2n) is 6.43. The van der Waals surface area contributed by atoms with Crippen molar-refractivity contribution in [2.45, 2.75) is 26.2 Å². The van der Waals surface area contributed by atoms with Gasteiger partial charge in [-0.2, -0.15) is 0 Å². The number of pyridine rings is 1. The summed E-state index contributed by atoms with van der Waals surface area (Å²) in [5.74, 6) is -0.398. The molecule has 126 valence electrons. The van der Waals surface area contributed by atoms with Crippen LogP contribution in [0.3, 0.4) is 0 Å². The first-order chi connectivity index (χ1) is 11.6. The number of nitrogens with zero attached hydrogens (tertiary/aromatic N) is 2. The number of hydrogen-bond donors (Lipinski definition) is 1. The molecule has 0 radical (unpaired) electrons. The number of carbonyl (C=O) groups excluding carboxylic acids is 2. The van der Waals surface area contributed by atoms with E-state index in [1.54, 1.807) is 11.1 Å². The number of nitrogens with one attached hydrogen (secondary N) is 1. The number of hydrogen-bond acceptors (Lipinski definition) is 3. The number of amides is 2. The Balaban J connectivity index is 1.63. The molecule has 2 aromatic rings. The normalized spacial score (nSPS) is 19.1. The quantitative estimate of drug-likeness (QED) is 0.888. The summed E-state index contributed by atoms with van der Waals surface area (Å²) in [7, 11) is 1.82. The smallest absolute Gasteiger partial charge is 0.228 e. The molecule has 1 aromatic heterocycles. The topological polar surface area (TPSA) is 62.3 Å². The van der Waals surface area contributed by atoms with Gasteiger partial charge in [0.05, 0.1) is 23.0 Å². The van der Waals surface area contributed by atoms with E-state index < -0.39 is 0 Å². The Hall–Kier alpha value is -2.43. The summed E-state index contributed by atoms with van der Waals surface area (Å²) in [4.78, 5) is 30.9. The highest BCUT2D eigenvalue weighted by Crippen LogP contribution is 2.41. The maximum Gasteiger partial charge on any atom is 0.228 e. The van der Waals surface area contributed by atoms with Gasteiger partial charge in [-0.05, 0) is 25.0 Å². The Morgan fingerprint density at radius 1 is 1.25 bits per heavy atom. The molecular formula is C19H23N3O2. The minimum absolute atomic E-state index is 0.0830. The van der Waals surface area contributed by atoms with E-state index in [2.05, 4.69) is 17.2 Å². The summed E-state index contributed by atoms with van der Waals surface area (Å²) in [5.41, 5.74) is 1.48. The molecule has 1 saturated carbocycles. The molecule has 2 amide bonds. The van der Waals surface area contributed by atoms with Gasteiger partial charge in [0, 0.05) is 25.2 Å². The predicted molar refractivity (Wildman–Crippen MR) is 94.5 cm³/mol. The molecule has 1 N–H and O–H groups in total. The van der Waals surface area contributed by atoms with Gasteiger partial charge in [0.2, 0.25) is 11.8 Å². The van der Waals surface area contributed by atoms with Gasteiger partial charge in [-0.15, -0.1) is 0 Å². The molecule has 2 unspecified atom stereocenters. The second-order valence-corrected chi connectivity index (χ2v) is 6.43. The Labute approximate surface area is 142 Å². The minimum atomic E-state index is -0.222. The number of benzene rings is 1. The molecule has 2 atom stereocenters. The molecule has 1 aliphatic carbocycles. The van der Waals surface area contributed by atoms with Crippen molar-refractivity contribution >= 4 is 28.4 Å². The molecule has 5 heteroatoms. The lowest BCUT2D eigenvalue weighted by atomic mass is 10.2. The third-order valence-electron chi connectivity index (χ3n) is 4.56. The largest absolute Gasteiger partial charge is 0.346 e. The highest BCUT2D eigenvalue weighted by atomic mass is 16.2. The van der Waals surface area contributed by atoms with Crippen molar-refractivity contribution in [2.75, 3.05) is 18.9 Å². The minimum Gasteiger partial charge on any atom is -0.346 e. The highest BCUT2D eigenvalue weighted by Gasteiger charge is 2.49. The van der Waals surface area contributed by atoms with Crippen molar-refractivity contribution in [3.05, 3.63) is 36.5 Å². The van der Waals surface area contributed by atoms with Crippen LogP contribution in [0.4, 0.5) is 5.69 Å². The van der Waals surface area contributed by atoms with Crippen LogP contribution in [0.25, 0.3) is 10.9 Å². The number of carbonyl (C=O) groups is 2. The lowest BCUT2D eigenvalue weighted by molar-refractivity contribution is -0.132. The Kier molecular flexibility index (Phi) is 4.79. The summed E-state index contributed by atoms with van der Waals surface area (Å²) in [6, 6.07) is 9.54. The average Bonchev–Trinajstić information content (AvgIpc) is 3.40. The molecule has 24 heavy (non-hydrogen) atoms. The van der Waals surface area contributed by atoms with Crippen molar-refractivity contribution < 1.29 is 9.59 Å². The van der Waals surface area contributed by atoms with Gasteiger partial charge in [-0.25, -0.2) is 0 Å². The van der Waals surface area contributed by atoms with Crippen molar-refractivity contribution in [1.82, 2.24) is 9.88 Å². The van der Waals surface area contributed by atoms with Gasteiger partial charge in [-0.1, -0.05) is 31.5 Å². The fourth-order valence-electron chi connectivity index (χ4n) is 2.98. The highest BCUT2D eigenvalue weighted by molar-refractivity contribution is 6.04. The first-order valence-corrected chi connectivity index (χ1v) is 8.51. The van der Waals surface area contributed by atoms with Crippen LogP contribution in [0, 0.1) is 11.8 Å². The third-order valence-corrected chi connectivity index (χ3v) is 4.56. The fraction of sp³-hybridized carbons (Fsp3) is 0.421. The van der Waals surface area contributed by atoms with Gasteiger partial charge in [0.25, 0.3) is 0 Å². The molecule has 1 heterocycles. The van der Waals surface area contributed by atoms with Crippen LogP contribution in [0.15, 0.2) is 36.5 Å². The molecular weight excluding hydrogens is 302 g/mol. The zero-order chi connectivity index (χ0) is 17.1. The van der Waals surface area contributed by atoms with Crippen molar-refractivity contribution in [2.24, 2.45) is 11.8 Å². The maximum absolute atomic E-state index is 12.5. The fourth-order valence-corrected chi connectivity index (χ4v) is 2.98. The van der Waals surface area contributed by atoms with Crippen molar-refractivity contribution in [3.8, 4) is 0 Å². The third kappa shape index (κ3) is 3.40. The summed E-state index contributed by atoms with van der Waals surface area (Å²) in [6.45, 7) is 2.86. The second kappa shape index (κ2) is 6.99. The molecule has 0 spiro atoms. The number of unbranched alkanes of at least 4 members (excludes halogenated alkanes) is 1. The molecule has 1 fully saturated rings. The molecule has 1 aliphatic rings. The van der Waals surface area contributed by atoms with E-state index in [1.807, 2.05) is 37.4 Å². The number of aromatic nitrogens is 1. The SMILES string of the molecule is CCCCN(C)C(=O)C1CC1C(=O)Nc1cccc2cccnc12. The maximum atomic E-state index is 12.5. The summed E-state index contributed by atoms with van der Waals surface area (Å²) >= 11 is 0. The van der Waals surface area contributed by atoms with Crippen LogP contribution in [0.5, 0.6) is 0 Å². The van der Waals surface area contributed by atoms with Crippen LogP contribution in [-0.4, -0.2) is 35.3 Å². The summed E-state index contributed by atoms with van der Waals surface area (Å²) in [6.07, 6.45) is 4.40. The Morgan fingerprint density at radius 3 is 2.83 bits per heavy atom. The molecule has 1 aromatic carbocycles. The van der Waals surface area contributed by atoms with E-state index in [0.29, 0.717) is 12.1 Å². The standard InChI is InChI=1S/C19H23N3O2/c1-3-4-11-22(2)19(24)15-12-14(15)18(23)21-16-9-5-7-13-8-6-10-20-17(13)16/h5-10,14-15H,3-4,11-12H2,1-2H3,(H,21,23).